The fourth-order valence-electron chi connectivity index (χ4n) is 0.560. The van der Waals surface area contributed by atoms with E-state index in [-0.39, 0.29) is 6.04 Å². The highest BCUT2D eigenvalue weighted by molar-refractivity contribution is 7.80. The largest absolute Gasteiger partial charge is 0.452 e. The topological polar surface area (TPSA) is 49.5 Å². The molecule has 57 valence electrons. The predicted octanol–water partition coefficient (Wildman–Crippen LogP) is -0.838. The average molecular weight is 159 g/mol. The van der Waals surface area contributed by atoms with E-state index in [0.717, 1.165) is 7.48 Å². The van der Waals surface area contributed by atoms with Crippen LogP contribution in [0.1, 0.15) is 6.92 Å². The molecule has 0 unspecified atom stereocenters. The Morgan fingerprint density at radius 2 is 2.40 bits per heavy atom. The smallest absolute Gasteiger partial charge is 0.308 e. The van der Waals surface area contributed by atoms with E-state index in [4.69, 9.17) is 23.0 Å². The Morgan fingerprint density at radius 1 is 1.90 bits per heavy atom. The first-order valence-corrected chi connectivity index (χ1v) is 3.47. The quantitative estimate of drug-likeness (QED) is 0.416. The highest BCUT2D eigenvalue weighted by atomic mass is 32.1. The Bertz CT molecular complexity index is 120. The molecule has 1 radical (unpaired) electrons. The highest BCUT2D eigenvalue weighted by Crippen LogP contribution is 1.90. The second-order valence-electron chi connectivity index (χ2n) is 2.19. The van der Waals surface area contributed by atoms with Crippen LogP contribution < -0.4 is 5.73 Å². The van der Waals surface area contributed by atoms with Crippen molar-refractivity contribution >= 4 is 24.7 Å². The van der Waals surface area contributed by atoms with Crippen LogP contribution in [0.4, 0.5) is 0 Å². The van der Waals surface area contributed by atoms with Gasteiger partial charge in [0.15, 0.2) is 0 Å². The van der Waals surface area contributed by atoms with Gasteiger partial charge < -0.3 is 15.7 Å². The second-order valence-corrected chi connectivity index (χ2v) is 2.61. The number of nitrogens with zero attached hydrogens (tertiary/aromatic N) is 1. The number of rotatable bonds is 3. The average Bonchev–Trinajstić information content (AvgIpc) is 1.87. The van der Waals surface area contributed by atoms with Gasteiger partial charge in [-0.1, -0.05) is 12.2 Å². The number of thiocarbonyl (C=S) groups is 1. The number of hydrogen-bond acceptors (Lipinski definition) is 3. The van der Waals surface area contributed by atoms with Crippen molar-refractivity contribution in [2.45, 2.75) is 13.0 Å². The molecule has 0 saturated carbocycles. The van der Waals surface area contributed by atoms with Gasteiger partial charge in [0.2, 0.25) is 0 Å². The third-order valence-electron chi connectivity index (χ3n) is 1.12. The van der Waals surface area contributed by atoms with E-state index in [9.17, 15) is 0 Å². The minimum absolute atomic E-state index is 0.125. The molecule has 0 bridgehead atoms. The Morgan fingerprint density at radius 3 is 2.70 bits per heavy atom. The normalized spacial score (nSPS) is 12.4. The number of hydrogen-bond donors (Lipinski definition) is 2. The molecule has 10 heavy (non-hydrogen) atoms. The molecule has 0 fully saturated rings. The molecule has 0 saturated heterocycles. The molecule has 3 nitrogen and oxygen atoms in total. The standard InChI is InChI=1S/C5H12BN2OS/c1-4(7)5(10)8(2)3-6-9/h4,9H,3,7H2,1-2H3/t4-/m0/s1. The van der Waals surface area contributed by atoms with Gasteiger partial charge >= 0.3 is 7.48 Å². The fraction of sp³-hybridized carbons (Fsp3) is 0.800. The van der Waals surface area contributed by atoms with Crippen molar-refractivity contribution in [3.05, 3.63) is 0 Å². The van der Waals surface area contributed by atoms with E-state index in [1.54, 1.807) is 11.9 Å². The molecule has 1 atom stereocenters. The molecule has 3 N–H and O–H groups in total. The molecule has 0 aliphatic rings. The Labute approximate surface area is 67.5 Å². The molecule has 0 amide bonds. The van der Waals surface area contributed by atoms with Gasteiger partial charge in [-0.2, -0.15) is 0 Å². The lowest BCUT2D eigenvalue weighted by atomic mass is 10.0. The fourth-order valence-corrected chi connectivity index (χ4v) is 0.635. The maximum atomic E-state index is 8.40. The summed E-state index contributed by atoms with van der Waals surface area (Å²) in [5, 5.41) is 8.40. The lowest BCUT2D eigenvalue weighted by Gasteiger charge is -2.20. The summed E-state index contributed by atoms with van der Waals surface area (Å²) in [5.41, 5.74) is 5.49. The first-order chi connectivity index (χ1) is 4.59. The zero-order valence-electron chi connectivity index (χ0n) is 6.24. The van der Waals surface area contributed by atoms with Crippen molar-refractivity contribution in [2.75, 3.05) is 13.5 Å². The zero-order chi connectivity index (χ0) is 8.15. The third-order valence-corrected chi connectivity index (χ3v) is 1.80. The maximum Gasteiger partial charge on any atom is 0.308 e. The maximum absolute atomic E-state index is 8.40. The lowest BCUT2D eigenvalue weighted by Crippen LogP contribution is -2.40. The predicted molar refractivity (Wildman–Crippen MR) is 46.9 cm³/mol. The van der Waals surface area contributed by atoms with Crippen molar-refractivity contribution in [3.8, 4) is 0 Å². The molecular formula is C5H12BN2OS. The van der Waals surface area contributed by atoms with Crippen LogP contribution in [0.15, 0.2) is 0 Å². The van der Waals surface area contributed by atoms with Crippen LogP contribution in [-0.2, 0) is 0 Å². The summed E-state index contributed by atoms with van der Waals surface area (Å²) < 4.78 is 0. The van der Waals surface area contributed by atoms with Gasteiger partial charge in [-0.05, 0) is 6.92 Å². The first-order valence-electron chi connectivity index (χ1n) is 3.06. The SMILES string of the molecule is C[C@H](N)C(=S)N(C)C[B]O. The Hall–Kier alpha value is -0.125. The van der Waals surface area contributed by atoms with Gasteiger partial charge in [-0.3, -0.25) is 0 Å². The van der Waals surface area contributed by atoms with Crippen LogP contribution in [0, 0.1) is 0 Å². The first kappa shape index (κ1) is 9.87. The van der Waals surface area contributed by atoms with Crippen molar-refractivity contribution in [1.29, 1.82) is 0 Å². The van der Waals surface area contributed by atoms with Crippen molar-refractivity contribution in [1.82, 2.24) is 4.90 Å². The third kappa shape index (κ3) is 3.15. The van der Waals surface area contributed by atoms with Gasteiger partial charge in [0.05, 0.1) is 11.0 Å². The zero-order valence-corrected chi connectivity index (χ0v) is 7.06. The molecule has 5 heteroatoms. The van der Waals surface area contributed by atoms with E-state index < -0.39 is 0 Å². The molecule has 0 aromatic heterocycles. The summed E-state index contributed by atoms with van der Waals surface area (Å²) in [6.07, 6.45) is 0.431. The summed E-state index contributed by atoms with van der Waals surface area (Å²) in [7, 11) is 2.84. The van der Waals surface area contributed by atoms with Crippen molar-refractivity contribution in [2.24, 2.45) is 5.73 Å². The minimum Gasteiger partial charge on any atom is -0.452 e. The molecule has 0 aromatic carbocycles. The van der Waals surface area contributed by atoms with E-state index >= 15 is 0 Å². The van der Waals surface area contributed by atoms with Crippen LogP contribution in [0.5, 0.6) is 0 Å². The van der Waals surface area contributed by atoms with E-state index in [1.807, 2.05) is 6.92 Å². The number of nitrogens with two attached hydrogens (primary N) is 1. The van der Waals surface area contributed by atoms with E-state index in [2.05, 4.69) is 0 Å². The summed E-state index contributed by atoms with van der Waals surface area (Å²) in [4.78, 5) is 2.38. The monoisotopic (exact) mass is 159 g/mol. The lowest BCUT2D eigenvalue weighted by molar-refractivity contribution is 0.523. The van der Waals surface area contributed by atoms with E-state index in [1.165, 1.54) is 0 Å². The van der Waals surface area contributed by atoms with Crippen LogP contribution in [0.3, 0.4) is 0 Å². The summed E-state index contributed by atoms with van der Waals surface area (Å²) >= 11 is 4.94. The summed E-state index contributed by atoms with van der Waals surface area (Å²) in [5.74, 6) is 0. The number of likely N-dealkylation sites (N-methyl/N-ethyl adjacent to an activating group) is 1. The van der Waals surface area contributed by atoms with Gasteiger partial charge in [0, 0.05) is 13.5 Å². The minimum atomic E-state index is -0.125. The Balaban J connectivity index is 3.71. The molecular weight excluding hydrogens is 147 g/mol. The van der Waals surface area contributed by atoms with Gasteiger partial charge in [-0.15, -0.1) is 0 Å². The molecule has 0 rings (SSSR count). The second kappa shape index (κ2) is 4.65. The molecule has 0 aliphatic heterocycles. The Kier molecular flexibility index (Phi) is 4.60. The molecule has 0 spiro atoms. The molecule has 0 heterocycles. The molecule has 0 aromatic rings. The van der Waals surface area contributed by atoms with Gasteiger partial charge in [-0.25, -0.2) is 0 Å². The molecule has 0 aliphatic carbocycles. The van der Waals surface area contributed by atoms with Crippen LogP contribution in [0.25, 0.3) is 0 Å². The van der Waals surface area contributed by atoms with Crippen molar-refractivity contribution < 1.29 is 5.02 Å². The van der Waals surface area contributed by atoms with E-state index in [0.29, 0.717) is 11.4 Å². The summed E-state index contributed by atoms with van der Waals surface area (Å²) in [6, 6.07) is -0.125. The van der Waals surface area contributed by atoms with Crippen LogP contribution in [0.2, 0.25) is 0 Å². The van der Waals surface area contributed by atoms with Gasteiger partial charge in [0.25, 0.3) is 0 Å². The van der Waals surface area contributed by atoms with Crippen LogP contribution in [-0.4, -0.2) is 41.9 Å². The highest BCUT2D eigenvalue weighted by Gasteiger charge is 2.07. The van der Waals surface area contributed by atoms with Crippen molar-refractivity contribution in [3.63, 3.8) is 0 Å². The summed E-state index contributed by atoms with van der Waals surface area (Å²) in [6.45, 7) is 1.82. The van der Waals surface area contributed by atoms with Crippen LogP contribution >= 0.6 is 12.2 Å². The van der Waals surface area contributed by atoms with Gasteiger partial charge in [0.1, 0.15) is 0 Å².